The molecule has 0 atom stereocenters. The second-order valence-electron chi connectivity index (χ2n) is 6.88. The van der Waals surface area contributed by atoms with E-state index in [0.717, 1.165) is 31.9 Å². The Morgan fingerprint density at radius 2 is 1.62 bits per heavy atom. The van der Waals surface area contributed by atoms with Crippen LogP contribution in [0.3, 0.4) is 0 Å². The SMILES string of the molecule is Cc1ccc(N2CCN(CC(=O)c3ccc4c(c3)OCCO4)CC2)cc1. The fraction of sp³-hybridized carbons (Fsp3) is 0.381. The molecule has 136 valence electrons. The third-order valence-electron chi connectivity index (χ3n) is 5.00. The molecule has 4 rings (SSSR count). The average Bonchev–Trinajstić information content (AvgIpc) is 2.69. The fourth-order valence-electron chi connectivity index (χ4n) is 3.43. The van der Waals surface area contributed by atoms with E-state index in [-0.39, 0.29) is 5.78 Å². The molecule has 5 heteroatoms. The van der Waals surface area contributed by atoms with Crippen LogP contribution in [0.2, 0.25) is 0 Å². The molecule has 26 heavy (non-hydrogen) atoms. The van der Waals surface area contributed by atoms with Crippen molar-refractivity contribution < 1.29 is 14.3 Å². The molecule has 0 saturated carbocycles. The van der Waals surface area contributed by atoms with Gasteiger partial charge < -0.3 is 14.4 Å². The molecule has 2 aliphatic heterocycles. The maximum Gasteiger partial charge on any atom is 0.176 e. The van der Waals surface area contributed by atoms with Gasteiger partial charge in [0.15, 0.2) is 17.3 Å². The number of fused-ring (bicyclic) bond motifs is 1. The second kappa shape index (κ2) is 7.38. The van der Waals surface area contributed by atoms with Crippen molar-refractivity contribution in [2.75, 3.05) is 50.8 Å². The Hall–Kier alpha value is -2.53. The Bertz CT molecular complexity index is 780. The molecule has 0 bridgehead atoms. The zero-order chi connectivity index (χ0) is 17.9. The molecule has 0 aromatic heterocycles. The van der Waals surface area contributed by atoms with Crippen molar-refractivity contribution in [2.24, 2.45) is 0 Å². The van der Waals surface area contributed by atoms with E-state index in [1.54, 1.807) is 6.07 Å². The number of carbonyl (C=O) groups is 1. The number of nitrogens with zero attached hydrogens (tertiary/aromatic N) is 2. The van der Waals surface area contributed by atoms with Crippen LogP contribution >= 0.6 is 0 Å². The molecule has 2 heterocycles. The van der Waals surface area contributed by atoms with Crippen LogP contribution in [-0.4, -0.2) is 56.6 Å². The first-order chi connectivity index (χ1) is 12.7. The molecule has 1 fully saturated rings. The summed E-state index contributed by atoms with van der Waals surface area (Å²) >= 11 is 0. The lowest BCUT2D eigenvalue weighted by molar-refractivity contribution is 0.0925. The van der Waals surface area contributed by atoms with Crippen LogP contribution in [0.15, 0.2) is 42.5 Å². The predicted octanol–water partition coefficient (Wildman–Crippen LogP) is 2.77. The Morgan fingerprint density at radius 1 is 0.923 bits per heavy atom. The van der Waals surface area contributed by atoms with Crippen LogP contribution in [0.4, 0.5) is 5.69 Å². The number of hydrogen-bond acceptors (Lipinski definition) is 5. The van der Waals surface area contributed by atoms with Gasteiger partial charge in [0.1, 0.15) is 13.2 Å². The highest BCUT2D eigenvalue weighted by Gasteiger charge is 2.21. The van der Waals surface area contributed by atoms with Crippen LogP contribution in [-0.2, 0) is 0 Å². The first-order valence-corrected chi connectivity index (χ1v) is 9.16. The molecule has 2 aromatic carbocycles. The highest BCUT2D eigenvalue weighted by molar-refractivity contribution is 5.98. The molecule has 2 aliphatic rings. The molecule has 0 spiro atoms. The van der Waals surface area contributed by atoms with E-state index in [2.05, 4.69) is 41.0 Å². The zero-order valence-corrected chi connectivity index (χ0v) is 15.1. The van der Waals surface area contributed by atoms with Gasteiger partial charge in [-0.1, -0.05) is 17.7 Å². The molecule has 0 unspecified atom stereocenters. The minimum Gasteiger partial charge on any atom is -0.486 e. The smallest absolute Gasteiger partial charge is 0.176 e. The Labute approximate surface area is 154 Å². The third kappa shape index (κ3) is 3.68. The predicted molar refractivity (Wildman–Crippen MR) is 102 cm³/mol. The van der Waals surface area contributed by atoms with Crippen molar-refractivity contribution in [3.8, 4) is 11.5 Å². The molecule has 0 radical (unpaired) electrons. The summed E-state index contributed by atoms with van der Waals surface area (Å²) in [7, 11) is 0. The number of Topliss-reactive ketones (excluding diaryl/α,β-unsaturated/α-hetero) is 1. The lowest BCUT2D eigenvalue weighted by atomic mass is 10.1. The number of aryl methyl sites for hydroxylation is 1. The Balaban J connectivity index is 1.34. The van der Waals surface area contributed by atoms with E-state index in [9.17, 15) is 4.79 Å². The summed E-state index contributed by atoms with van der Waals surface area (Å²) in [6.07, 6.45) is 0. The van der Waals surface area contributed by atoms with E-state index < -0.39 is 0 Å². The highest BCUT2D eigenvalue weighted by Crippen LogP contribution is 2.31. The molecule has 2 aromatic rings. The summed E-state index contributed by atoms with van der Waals surface area (Å²) in [5.74, 6) is 1.52. The zero-order valence-electron chi connectivity index (χ0n) is 15.1. The molecule has 0 amide bonds. The van der Waals surface area contributed by atoms with Crippen LogP contribution in [0, 0.1) is 6.92 Å². The van der Waals surface area contributed by atoms with Gasteiger partial charge in [-0.05, 0) is 37.3 Å². The number of carbonyl (C=O) groups excluding carboxylic acids is 1. The van der Waals surface area contributed by atoms with Gasteiger partial charge in [-0.25, -0.2) is 0 Å². The molecule has 5 nitrogen and oxygen atoms in total. The Morgan fingerprint density at radius 3 is 2.35 bits per heavy atom. The van der Waals surface area contributed by atoms with E-state index in [4.69, 9.17) is 9.47 Å². The summed E-state index contributed by atoms with van der Waals surface area (Å²) < 4.78 is 11.1. The number of ketones is 1. The van der Waals surface area contributed by atoms with Gasteiger partial charge in [0.25, 0.3) is 0 Å². The van der Waals surface area contributed by atoms with Crippen molar-refractivity contribution in [3.63, 3.8) is 0 Å². The standard InChI is InChI=1S/C21H24N2O3/c1-16-2-5-18(6-3-16)23-10-8-22(9-11-23)15-19(24)17-4-7-20-21(14-17)26-13-12-25-20/h2-7,14H,8-13,15H2,1H3. The normalized spacial score (nSPS) is 17.2. The topological polar surface area (TPSA) is 42.0 Å². The maximum atomic E-state index is 12.6. The van der Waals surface area contributed by atoms with Crippen molar-refractivity contribution in [1.82, 2.24) is 4.90 Å². The quantitative estimate of drug-likeness (QED) is 0.792. The van der Waals surface area contributed by atoms with Crippen LogP contribution in [0.25, 0.3) is 0 Å². The summed E-state index contributed by atoms with van der Waals surface area (Å²) in [6.45, 7) is 7.31. The van der Waals surface area contributed by atoms with Gasteiger partial charge >= 0.3 is 0 Å². The number of rotatable bonds is 4. The summed E-state index contributed by atoms with van der Waals surface area (Å²) in [6, 6.07) is 14.1. The van der Waals surface area contributed by atoms with Crippen LogP contribution in [0.1, 0.15) is 15.9 Å². The largest absolute Gasteiger partial charge is 0.486 e. The molecule has 1 saturated heterocycles. The van der Waals surface area contributed by atoms with Crippen molar-refractivity contribution in [3.05, 3.63) is 53.6 Å². The number of benzene rings is 2. The van der Waals surface area contributed by atoms with Gasteiger partial charge in [0.05, 0.1) is 6.54 Å². The first-order valence-electron chi connectivity index (χ1n) is 9.16. The summed E-state index contributed by atoms with van der Waals surface area (Å²) in [5.41, 5.74) is 3.22. The summed E-state index contributed by atoms with van der Waals surface area (Å²) in [4.78, 5) is 17.2. The van der Waals surface area contributed by atoms with Crippen LogP contribution < -0.4 is 14.4 Å². The van der Waals surface area contributed by atoms with Crippen LogP contribution in [0.5, 0.6) is 11.5 Å². The van der Waals surface area contributed by atoms with E-state index >= 15 is 0 Å². The molecule has 0 N–H and O–H groups in total. The van der Waals surface area contributed by atoms with Gasteiger partial charge in [-0.15, -0.1) is 0 Å². The average molecular weight is 352 g/mol. The first kappa shape index (κ1) is 16.9. The number of hydrogen-bond donors (Lipinski definition) is 0. The van der Waals surface area contributed by atoms with Gasteiger partial charge in [-0.3, -0.25) is 9.69 Å². The highest BCUT2D eigenvalue weighted by atomic mass is 16.6. The number of piperazine rings is 1. The van der Waals surface area contributed by atoms with Gasteiger partial charge in [0.2, 0.25) is 0 Å². The summed E-state index contributed by atoms with van der Waals surface area (Å²) in [5, 5.41) is 0. The minimum absolute atomic E-state index is 0.130. The number of anilines is 1. The Kier molecular flexibility index (Phi) is 4.80. The monoisotopic (exact) mass is 352 g/mol. The fourth-order valence-corrected chi connectivity index (χ4v) is 3.43. The molecular weight excluding hydrogens is 328 g/mol. The van der Waals surface area contributed by atoms with Gasteiger partial charge in [-0.2, -0.15) is 0 Å². The lowest BCUT2D eigenvalue weighted by Crippen LogP contribution is -2.48. The molecular formula is C21H24N2O3. The third-order valence-corrected chi connectivity index (χ3v) is 5.00. The van der Waals surface area contributed by atoms with Crippen molar-refractivity contribution in [1.29, 1.82) is 0 Å². The lowest BCUT2D eigenvalue weighted by Gasteiger charge is -2.35. The van der Waals surface area contributed by atoms with E-state index in [0.29, 0.717) is 31.1 Å². The van der Waals surface area contributed by atoms with Crippen molar-refractivity contribution >= 4 is 11.5 Å². The van der Waals surface area contributed by atoms with E-state index in [1.807, 2.05) is 12.1 Å². The van der Waals surface area contributed by atoms with E-state index in [1.165, 1.54) is 11.3 Å². The minimum atomic E-state index is 0.130. The number of ether oxygens (including phenoxy) is 2. The van der Waals surface area contributed by atoms with Gasteiger partial charge in [0, 0.05) is 37.4 Å². The van der Waals surface area contributed by atoms with Crippen molar-refractivity contribution in [2.45, 2.75) is 6.92 Å². The second-order valence-corrected chi connectivity index (χ2v) is 6.88. The molecule has 0 aliphatic carbocycles. The maximum absolute atomic E-state index is 12.6.